The van der Waals surface area contributed by atoms with Gasteiger partial charge in [-0.15, -0.1) is 0 Å². The molecule has 0 fully saturated rings. The van der Waals surface area contributed by atoms with Gasteiger partial charge in [0, 0.05) is 0 Å². The molecule has 0 N–H and O–H groups in total. The zero-order valence-electron chi connectivity index (χ0n) is 14.1. The Labute approximate surface area is 146 Å². The van der Waals surface area contributed by atoms with Crippen LogP contribution in [-0.2, 0) is 0 Å². The zero-order valence-corrected chi connectivity index (χ0v) is 14.1. The van der Waals surface area contributed by atoms with E-state index in [9.17, 15) is 4.79 Å². The van der Waals surface area contributed by atoms with Gasteiger partial charge in [0.1, 0.15) is 17.6 Å². The molecule has 5 nitrogen and oxygen atoms in total. The summed E-state index contributed by atoms with van der Waals surface area (Å²) in [6.45, 7) is 1.37. The molecule has 0 aromatic heterocycles. The summed E-state index contributed by atoms with van der Waals surface area (Å²) in [7, 11) is 1.58. The molecule has 25 heavy (non-hydrogen) atoms. The number of benzene rings is 2. The molecule has 2 aromatic rings. The van der Waals surface area contributed by atoms with E-state index in [-0.39, 0.29) is 11.9 Å². The number of carbonyl (C=O) groups is 1. The molecule has 0 saturated carbocycles. The van der Waals surface area contributed by atoms with Crippen molar-refractivity contribution in [1.29, 1.82) is 0 Å². The third-order valence-electron chi connectivity index (χ3n) is 4.52. The van der Waals surface area contributed by atoms with Gasteiger partial charge < -0.3 is 18.9 Å². The Bertz CT molecular complexity index is 799. The van der Waals surface area contributed by atoms with Gasteiger partial charge in [0.15, 0.2) is 17.3 Å². The first-order chi connectivity index (χ1) is 12.2. The first kappa shape index (κ1) is 15.8. The van der Waals surface area contributed by atoms with Gasteiger partial charge in [-0.25, -0.2) is 0 Å². The maximum atomic E-state index is 12.5. The van der Waals surface area contributed by atoms with Crippen LogP contribution >= 0.6 is 0 Å². The Balaban J connectivity index is 1.62. The summed E-state index contributed by atoms with van der Waals surface area (Å²) < 4.78 is 22.8. The number of fused-ring (bicyclic) bond motifs is 2. The Kier molecular flexibility index (Phi) is 4.22. The maximum absolute atomic E-state index is 12.5. The molecule has 0 aliphatic carbocycles. The summed E-state index contributed by atoms with van der Waals surface area (Å²) in [5.41, 5.74) is 1.49. The van der Waals surface area contributed by atoms with E-state index < -0.39 is 0 Å². The number of hydrogen-bond donors (Lipinski definition) is 0. The fourth-order valence-corrected chi connectivity index (χ4v) is 3.14. The minimum Gasteiger partial charge on any atom is -0.497 e. The van der Waals surface area contributed by atoms with E-state index in [0.29, 0.717) is 42.4 Å². The van der Waals surface area contributed by atoms with E-state index in [0.717, 1.165) is 24.2 Å². The fraction of sp³-hybridized carbons (Fsp3) is 0.350. The molecule has 4 rings (SSSR count). The van der Waals surface area contributed by atoms with E-state index in [1.165, 1.54) is 0 Å². The monoisotopic (exact) mass is 340 g/mol. The molecule has 2 aliphatic heterocycles. The highest BCUT2D eigenvalue weighted by atomic mass is 16.5. The van der Waals surface area contributed by atoms with Crippen molar-refractivity contribution in [2.45, 2.75) is 25.4 Å². The number of Topliss-reactive ketones (excluding diaryl/α,β-unsaturated/α-hetero) is 1. The van der Waals surface area contributed by atoms with Crippen molar-refractivity contribution in [3.8, 4) is 23.0 Å². The first-order valence-electron chi connectivity index (χ1n) is 8.52. The lowest BCUT2D eigenvalue weighted by Crippen LogP contribution is -2.20. The van der Waals surface area contributed by atoms with E-state index in [4.69, 9.17) is 18.9 Å². The molecule has 0 radical (unpaired) electrons. The molecule has 5 heteroatoms. The lowest BCUT2D eigenvalue weighted by atomic mass is 9.96. The largest absolute Gasteiger partial charge is 0.497 e. The molecule has 0 saturated heterocycles. The molecule has 130 valence electrons. The van der Waals surface area contributed by atoms with Crippen molar-refractivity contribution in [1.82, 2.24) is 0 Å². The molecule has 2 aromatic carbocycles. The average Bonchev–Trinajstić information content (AvgIpc) is 2.62. The van der Waals surface area contributed by atoms with Crippen LogP contribution in [0.5, 0.6) is 23.0 Å². The number of ketones is 1. The molecule has 0 unspecified atom stereocenters. The number of ether oxygens (including phenoxy) is 4. The van der Waals surface area contributed by atoms with Gasteiger partial charge in [0.25, 0.3) is 0 Å². The predicted octanol–water partition coefficient (Wildman–Crippen LogP) is 3.95. The van der Waals surface area contributed by atoms with Gasteiger partial charge in [-0.2, -0.15) is 0 Å². The minimum absolute atomic E-state index is 0.0501. The molecule has 0 bridgehead atoms. The highest BCUT2D eigenvalue weighted by Crippen LogP contribution is 2.39. The van der Waals surface area contributed by atoms with Gasteiger partial charge >= 0.3 is 0 Å². The van der Waals surface area contributed by atoms with Gasteiger partial charge in [0.05, 0.1) is 32.3 Å². The quantitative estimate of drug-likeness (QED) is 0.828. The Morgan fingerprint density at radius 1 is 0.960 bits per heavy atom. The Morgan fingerprint density at radius 2 is 1.72 bits per heavy atom. The lowest BCUT2D eigenvalue weighted by molar-refractivity contribution is 0.0848. The number of rotatable bonds is 2. The number of hydrogen-bond acceptors (Lipinski definition) is 5. The van der Waals surface area contributed by atoms with Gasteiger partial charge in [-0.3, -0.25) is 4.79 Å². The van der Waals surface area contributed by atoms with Crippen molar-refractivity contribution >= 4 is 5.78 Å². The zero-order chi connectivity index (χ0) is 17.2. The maximum Gasteiger partial charge on any atom is 0.170 e. The van der Waals surface area contributed by atoms with E-state index >= 15 is 0 Å². The molecular weight excluding hydrogens is 320 g/mol. The fourth-order valence-electron chi connectivity index (χ4n) is 3.14. The Hall–Kier alpha value is -2.69. The Morgan fingerprint density at radius 3 is 2.52 bits per heavy atom. The number of carbonyl (C=O) groups excluding carboxylic acids is 1. The SMILES string of the molecule is COc1ccc2c(c1)C(=O)C[C@H](c1ccc3c(c1)OCCCCO3)O2. The van der Waals surface area contributed by atoms with Crippen LogP contribution in [0, 0.1) is 0 Å². The highest BCUT2D eigenvalue weighted by Gasteiger charge is 2.29. The van der Waals surface area contributed by atoms with Crippen LogP contribution in [0.15, 0.2) is 36.4 Å². The van der Waals surface area contributed by atoms with Crippen LogP contribution in [0.25, 0.3) is 0 Å². The molecule has 2 aliphatic rings. The van der Waals surface area contributed by atoms with Crippen LogP contribution in [0.1, 0.15) is 41.3 Å². The molecular formula is C20H20O5. The smallest absolute Gasteiger partial charge is 0.170 e. The van der Waals surface area contributed by atoms with E-state index in [1.807, 2.05) is 18.2 Å². The van der Waals surface area contributed by atoms with Crippen LogP contribution in [-0.4, -0.2) is 26.1 Å². The van der Waals surface area contributed by atoms with Crippen molar-refractivity contribution in [2.75, 3.05) is 20.3 Å². The molecule has 2 heterocycles. The summed E-state index contributed by atoms with van der Waals surface area (Å²) in [6, 6.07) is 11.1. The van der Waals surface area contributed by atoms with E-state index in [2.05, 4.69) is 0 Å². The minimum atomic E-state index is -0.326. The van der Waals surface area contributed by atoms with Crippen molar-refractivity contribution in [3.05, 3.63) is 47.5 Å². The topological polar surface area (TPSA) is 54.0 Å². The second kappa shape index (κ2) is 6.67. The lowest BCUT2D eigenvalue weighted by Gasteiger charge is -2.26. The van der Waals surface area contributed by atoms with Crippen LogP contribution in [0.2, 0.25) is 0 Å². The van der Waals surface area contributed by atoms with Crippen LogP contribution in [0.4, 0.5) is 0 Å². The van der Waals surface area contributed by atoms with Crippen LogP contribution < -0.4 is 18.9 Å². The average molecular weight is 340 g/mol. The number of methoxy groups -OCH3 is 1. The molecule has 0 spiro atoms. The van der Waals surface area contributed by atoms with Gasteiger partial charge in [-0.05, 0) is 48.7 Å². The van der Waals surface area contributed by atoms with Crippen LogP contribution in [0.3, 0.4) is 0 Å². The third-order valence-corrected chi connectivity index (χ3v) is 4.52. The second-order valence-corrected chi connectivity index (χ2v) is 6.21. The molecule has 0 amide bonds. The predicted molar refractivity (Wildman–Crippen MR) is 92.0 cm³/mol. The summed E-state index contributed by atoms with van der Waals surface area (Å²) in [5, 5.41) is 0. The van der Waals surface area contributed by atoms with Gasteiger partial charge in [0.2, 0.25) is 0 Å². The second-order valence-electron chi connectivity index (χ2n) is 6.21. The van der Waals surface area contributed by atoms with Crippen molar-refractivity contribution < 1.29 is 23.7 Å². The van der Waals surface area contributed by atoms with E-state index in [1.54, 1.807) is 25.3 Å². The summed E-state index contributed by atoms with van der Waals surface area (Å²) in [5.74, 6) is 2.75. The summed E-state index contributed by atoms with van der Waals surface area (Å²) >= 11 is 0. The first-order valence-corrected chi connectivity index (χ1v) is 8.52. The molecule has 1 atom stereocenters. The van der Waals surface area contributed by atoms with Gasteiger partial charge in [-0.1, -0.05) is 6.07 Å². The summed E-state index contributed by atoms with van der Waals surface area (Å²) in [6.07, 6.45) is 1.92. The third kappa shape index (κ3) is 3.14. The standard InChI is InChI=1S/C20H20O5/c1-22-14-5-7-17-15(11-14)16(21)12-19(25-17)13-4-6-18-20(10-13)24-9-3-2-8-23-18/h4-7,10-11,19H,2-3,8-9,12H2,1H3/t19-/m1/s1. The normalized spacial score (nSPS) is 19.2. The highest BCUT2D eigenvalue weighted by molar-refractivity contribution is 6.00. The van der Waals surface area contributed by atoms with Crippen molar-refractivity contribution in [3.63, 3.8) is 0 Å². The summed E-state index contributed by atoms with van der Waals surface area (Å²) in [4.78, 5) is 12.5. The van der Waals surface area contributed by atoms with Crippen molar-refractivity contribution in [2.24, 2.45) is 0 Å².